The van der Waals surface area contributed by atoms with E-state index in [1.165, 1.54) is 4.90 Å². The highest BCUT2D eigenvalue weighted by Crippen LogP contribution is 2.24. The maximum atomic E-state index is 11.5. The number of hydrogen-bond acceptors (Lipinski definition) is 2. The quantitative estimate of drug-likeness (QED) is 0.461. The van der Waals surface area contributed by atoms with E-state index in [-0.39, 0.29) is 23.7 Å². The molecule has 0 radical (unpaired) electrons. The third-order valence-electron chi connectivity index (χ3n) is 2.54. The molecule has 1 aliphatic heterocycles. The largest absolute Gasteiger partial charge is 0.281 e. The molecule has 0 N–H and O–H groups in total. The Labute approximate surface area is 78.1 Å². The van der Waals surface area contributed by atoms with Crippen molar-refractivity contribution in [3.05, 3.63) is 0 Å². The third kappa shape index (κ3) is 1.57. The van der Waals surface area contributed by atoms with Crippen molar-refractivity contribution in [3.63, 3.8) is 0 Å². The third-order valence-corrected chi connectivity index (χ3v) is 2.54. The van der Waals surface area contributed by atoms with Gasteiger partial charge in [-0.25, -0.2) is 0 Å². The fraction of sp³-hybridized carbons (Fsp3) is 0.600. The fourth-order valence-corrected chi connectivity index (χ4v) is 1.42. The van der Waals surface area contributed by atoms with Crippen LogP contribution >= 0.6 is 0 Å². The van der Waals surface area contributed by atoms with Gasteiger partial charge in [0.1, 0.15) is 0 Å². The monoisotopic (exact) mass is 179 g/mol. The summed E-state index contributed by atoms with van der Waals surface area (Å²) < 4.78 is 0. The highest BCUT2D eigenvalue weighted by Gasteiger charge is 2.41. The summed E-state index contributed by atoms with van der Waals surface area (Å²) in [6, 6.07) is 0. The predicted molar refractivity (Wildman–Crippen MR) is 48.5 cm³/mol. The lowest BCUT2D eigenvalue weighted by molar-refractivity contribution is -0.139. The van der Waals surface area contributed by atoms with Crippen molar-refractivity contribution in [2.45, 2.75) is 20.3 Å². The van der Waals surface area contributed by atoms with Crippen molar-refractivity contribution in [2.75, 3.05) is 6.54 Å². The summed E-state index contributed by atoms with van der Waals surface area (Å²) in [6.45, 7) is 3.92. The Morgan fingerprint density at radius 1 is 1.31 bits per heavy atom. The molecule has 3 heteroatoms. The number of likely N-dealkylation sites (tertiary alicyclic amines) is 1. The zero-order chi connectivity index (χ0) is 10.0. The second kappa shape index (κ2) is 3.61. The Bertz CT molecular complexity index is 257. The van der Waals surface area contributed by atoms with E-state index >= 15 is 0 Å². The molecule has 0 aromatic carbocycles. The molecule has 0 aromatic heterocycles. The molecule has 0 saturated carbocycles. The highest BCUT2D eigenvalue weighted by atomic mass is 16.2. The molecule has 13 heavy (non-hydrogen) atoms. The molecule has 1 aliphatic rings. The lowest BCUT2D eigenvalue weighted by Crippen LogP contribution is -2.31. The summed E-state index contributed by atoms with van der Waals surface area (Å²) in [5, 5.41) is 0. The highest BCUT2D eigenvalue weighted by molar-refractivity contribution is 6.04. The van der Waals surface area contributed by atoms with Gasteiger partial charge >= 0.3 is 0 Å². The summed E-state index contributed by atoms with van der Waals surface area (Å²) in [4.78, 5) is 24.2. The number of nitrogens with zero attached hydrogens (tertiary/aromatic N) is 1. The van der Waals surface area contributed by atoms with Gasteiger partial charge in [0.2, 0.25) is 11.8 Å². The van der Waals surface area contributed by atoms with Crippen LogP contribution in [-0.2, 0) is 9.59 Å². The zero-order valence-electron chi connectivity index (χ0n) is 7.91. The topological polar surface area (TPSA) is 37.4 Å². The molecule has 2 amide bonds. The fourth-order valence-electron chi connectivity index (χ4n) is 1.42. The van der Waals surface area contributed by atoms with Crippen LogP contribution in [0.4, 0.5) is 0 Å². The van der Waals surface area contributed by atoms with Crippen LogP contribution in [0.15, 0.2) is 0 Å². The second-order valence-corrected chi connectivity index (χ2v) is 3.36. The molecule has 70 valence electrons. The van der Waals surface area contributed by atoms with Gasteiger partial charge in [0.15, 0.2) is 0 Å². The molecule has 1 saturated heterocycles. The van der Waals surface area contributed by atoms with E-state index in [0.29, 0.717) is 13.0 Å². The van der Waals surface area contributed by atoms with Crippen molar-refractivity contribution in [1.82, 2.24) is 4.90 Å². The van der Waals surface area contributed by atoms with Gasteiger partial charge < -0.3 is 0 Å². The average molecular weight is 179 g/mol. The molecule has 0 spiro atoms. The van der Waals surface area contributed by atoms with E-state index in [4.69, 9.17) is 6.42 Å². The van der Waals surface area contributed by atoms with Gasteiger partial charge in [0.05, 0.1) is 0 Å². The van der Waals surface area contributed by atoms with Gasteiger partial charge in [0.25, 0.3) is 0 Å². The summed E-state index contributed by atoms with van der Waals surface area (Å²) in [5.41, 5.74) is 0. The Morgan fingerprint density at radius 3 is 2.15 bits per heavy atom. The van der Waals surface area contributed by atoms with Gasteiger partial charge in [-0.2, -0.15) is 0 Å². The van der Waals surface area contributed by atoms with Gasteiger partial charge in [-0.3, -0.25) is 14.5 Å². The van der Waals surface area contributed by atoms with Gasteiger partial charge in [-0.05, 0) is 0 Å². The van der Waals surface area contributed by atoms with Crippen molar-refractivity contribution in [3.8, 4) is 12.3 Å². The Hall–Kier alpha value is -1.30. The number of rotatable bonds is 2. The standard InChI is InChI=1S/C10H13NO2/c1-4-5-6-11-9(12)7(2)8(3)10(11)13/h1,7-8H,5-6H2,2-3H3. The second-order valence-electron chi connectivity index (χ2n) is 3.36. The summed E-state index contributed by atoms with van der Waals surface area (Å²) in [5.74, 6) is 1.86. The minimum atomic E-state index is -0.190. The van der Waals surface area contributed by atoms with Gasteiger partial charge in [0, 0.05) is 24.8 Å². The number of carbonyl (C=O) groups is 2. The van der Waals surface area contributed by atoms with E-state index in [0.717, 1.165) is 0 Å². The van der Waals surface area contributed by atoms with Crippen LogP contribution in [-0.4, -0.2) is 23.3 Å². The van der Waals surface area contributed by atoms with Crippen molar-refractivity contribution in [2.24, 2.45) is 11.8 Å². The molecule has 0 aromatic rings. The molecule has 1 fully saturated rings. The van der Waals surface area contributed by atoms with E-state index < -0.39 is 0 Å². The lowest BCUT2D eigenvalue weighted by Gasteiger charge is -2.11. The number of hydrogen-bond donors (Lipinski definition) is 0. The van der Waals surface area contributed by atoms with Gasteiger partial charge in [-0.1, -0.05) is 13.8 Å². The van der Waals surface area contributed by atoms with Crippen LogP contribution in [0, 0.1) is 24.2 Å². The first-order valence-electron chi connectivity index (χ1n) is 4.38. The normalized spacial score (nSPS) is 27.9. The number of imide groups is 1. The van der Waals surface area contributed by atoms with E-state index in [1.54, 1.807) is 13.8 Å². The Balaban J connectivity index is 2.71. The van der Waals surface area contributed by atoms with Crippen LogP contribution in [0.3, 0.4) is 0 Å². The molecular weight excluding hydrogens is 166 g/mol. The van der Waals surface area contributed by atoms with E-state index in [9.17, 15) is 9.59 Å². The molecule has 0 bridgehead atoms. The molecule has 2 atom stereocenters. The molecular formula is C10H13NO2. The van der Waals surface area contributed by atoms with Crippen molar-refractivity contribution < 1.29 is 9.59 Å². The van der Waals surface area contributed by atoms with Crippen LogP contribution in [0.1, 0.15) is 20.3 Å². The maximum Gasteiger partial charge on any atom is 0.232 e. The predicted octanol–water partition coefficient (Wildman–Crippen LogP) is 0.651. The summed E-state index contributed by atoms with van der Waals surface area (Å²) in [7, 11) is 0. The van der Waals surface area contributed by atoms with Crippen molar-refractivity contribution in [1.29, 1.82) is 0 Å². The first kappa shape index (κ1) is 9.79. The first-order valence-corrected chi connectivity index (χ1v) is 4.38. The molecule has 2 unspecified atom stereocenters. The lowest BCUT2D eigenvalue weighted by atomic mass is 10.00. The molecule has 0 aliphatic carbocycles. The molecule has 1 heterocycles. The summed E-state index contributed by atoms with van der Waals surface area (Å²) in [6.07, 6.45) is 5.51. The number of carbonyl (C=O) groups excluding carboxylic acids is 2. The number of terminal acetylenes is 1. The van der Waals surface area contributed by atoms with Crippen LogP contribution in [0.2, 0.25) is 0 Å². The van der Waals surface area contributed by atoms with E-state index in [2.05, 4.69) is 5.92 Å². The Morgan fingerprint density at radius 2 is 1.77 bits per heavy atom. The SMILES string of the molecule is C#CCCN1C(=O)C(C)C(C)C1=O. The van der Waals surface area contributed by atoms with Crippen LogP contribution in [0.25, 0.3) is 0 Å². The minimum Gasteiger partial charge on any atom is -0.281 e. The minimum absolute atomic E-state index is 0.0900. The van der Waals surface area contributed by atoms with E-state index in [1.807, 2.05) is 0 Å². The number of amides is 2. The molecule has 3 nitrogen and oxygen atoms in total. The van der Waals surface area contributed by atoms with Crippen LogP contribution < -0.4 is 0 Å². The molecule has 1 rings (SSSR count). The average Bonchev–Trinajstić information content (AvgIpc) is 2.30. The maximum absolute atomic E-state index is 11.5. The zero-order valence-corrected chi connectivity index (χ0v) is 7.91. The smallest absolute Gasteiger partial charge is 0.232 e. The van der Waals surface area contributed by atoms with Crippen LogP contribution in [0.5, 0.6) is 0 Å². The van der Waals surface area contributed by atoms with Crippen molar-refractivity contribution >= 4 is 11.8 Å². The Kier molecular flexibility index (Phi) is 2.72. The first-order chi connectivity index (χ1) is 6.09. The summed E-state index contributed by atoms with van der Waals surface area (Å²) >= 11 is 0. The van der Waals surface area contributed by atoms with Gasteiger partial charge in [-0.15, -0.1) is 12.3 Å².